The second-order valence-electron chi connectivity index (χ2n) is 9.12. The molecule has 1 radical (unpaired) electrons. The molecule has 0 bridgehead atoms. The Labute approximate surface area is 223 Å². The van der Waals surface area contributed by atoms with Crippen LogP contribution in [0.3, 0.4) is 0 Å². The summed E-state index contributed by atoms with van der Waals surface area (Å²) in [4.78, 5) is 0. The summed E-state index contributed by atoms with van der Waals surface area (Å²) in [6.45, 7) is 2.27. The first-order valence-corrected chi connectivity index (χ1v) is 13.2. The van der Waals surface area contributed by atoms with Crippen molar-refractivity contribution < 1.29 is 17.1 Å². The fraction of sp³-hybridized carbons (Fsp3) is 0.600. The van der Waals surface area contributed by atoms with Gasteiger partial charge in [0.15, 0.2) is 0 Å². The fourth-order valence-corrected chi connectivity index (χ4v) is 4.36. The first kappa shape index (κ1) is 32.4. The zero-order valence-corrected chi connectivity index (χ0v) is 22.3. The van der Waals surface area contributed by atoms with Crippen LogP contribution in [-0.2, 0) is 23.5 Å². The van der Waals surface area contributed by atoms with Gasteiger partial charge >= 0.3 is 0 Å². The predicted molar refractivity (Wildman–Crippen MR) is 138 cm³/mol. The molecule has 0 saturated heterocycles. The normalized spacial score (nSPS) is 9.74. The summed E-state index contributed by atoms with van der Waals surface area (Å²) >= 11 is 0. The van der Waals surface area contributed by atoms with E-state index in [-0.39, 0.29) is 28.2 Å². The van der Waals surface area contributed by atoms with Gasteiger partial charge in [-0.1, -0.05) is 115 Å². The third kappa shape index (κ3) is 13.8. The molecule has 0 unspecified atom stereocenters. The number of aryl methyl sites for hydroxylation is 1. The molecule has 35 heavy (non-hydrogen) atoms. The van der Waals surface area contributed by atoms with Gasteiger partial charge in [0, 0.05) is 27.5 Å². The molecule has 0 aliphatic carbocycles. The molecule has 0 heterocycles. The molecule has 0 aliphatic heterocycles. The fourth-order valence-electron chi connectivity index (χ4n) is 4.36. The van der Waals surface area contributed by atoms with E-state index in [9.17, 15) is 10.5 Å². The van der Waals surface area contributed by atoms with Crippen LogP contribution in [0.2, 0.25) is 0 Å². The van der Waals surface area contributed by atoms with E-state index >= 15 is 0 Å². The maximum atomic E-state index is 9.27. The van der Waals surface area contributed by atoms with E-state index in [1.807, 2.05) is 24.3 Å². The van der Waals surface area contributed by atoms with Crippen LogP contribution in [0.15, 0.2) is 18.2 Å². The van der Waals surface area contributed by atoms with Crippen LogP contribution in [0.1, 0.15) is 115 Å². The van der Waals surface area contributed by atoms with Crippen molar-refractivity contribution in [1.29, 1.82) is 21.0 Å². The first-order chi connectivity index (χ1) is 16.7. The van der Waals surface area contributed by atoms with Crippen molar-refractivity contribution in [2.75, 3.05) is 0 Å². The summed E-state index contributed by atoms with van der Waals surface area (Å²) in [5, 5.41) is 38.0. The molecular formula is C30H40CuN4. The summed E-state index contributed by atoms with van der Waals surface area (Å²) in [6.07, 6.45) is 21.7. The molecule has 0 amide bonds. The van der Waals surface area contributed by atoms with Gasteiger partial charge in [-0.2, -0.15) is 21.0 Å². The van der Waals surface area contributed by atoms with Crippen LogP contribution >= 0.6 is 0 Å². The van der Waals surface area contributed by atoms with Crippen LogP contribution in [0, 0.1) is 45.3 Å². The van der Waals surface area contributed by atoms with E-state index in [0.29, 0.717) is 10.4 Å². The average molecular weight is 520 g/mol. The first-order valence-electron chi connectivity index (χ1n) is 13.2. The zero-order chi connectivity index (χ0) is 24.9. The van der Waals surface area contributed by atoms with Crippen molar-refractivity contribution >= 4 is 11.1 Å². The van der Waals surface area contributed by atoms with Gasteiger partial charge in [0.1, 0.15) is 35.4 Å². The van der Waals surface area contributed by atoms with Gasteiger partial charge in [-0.25, -0.2) is 0 Å². The third-order valence-electron chi connectivity index (χ3n) is 6.41. The number of rotatable bonds is 17. The van der Waals surface area contributed by atoms with Gasteiger partial charge in [0.25, 0.3) is 0 Å². The quantitative estimate of drug-likeness (QED) is 0.165. The average Bonchev–Trinajstić information content (AvgIpc) is 2.86. The van der Waals surface area contributed by atoms with Crippen molar-refractivity contribution in [2.24, 2.45) is 0 Å². The van der Waals surface area contributed by atoms with E-state index in [4.69, 9.17) is 10.5 Å². The SMILES string of the molecule is CCCCCCCCCCCCCCCCCCc1cc(=C(C#N)C#N)ccc1=C(C#N)C#N.[Cu]. The Hall–Kier alpha value is -2.56. The maximum absolute atomic E-state index is 9.27. The molecule has 0 saturated carbocycles. The molecule has 1 aromatic carbocycles. The summed E-state index contributed by atoms with van der Waals surface area (Å²) in [5.74, 6) is 0. The molecule has 191 valence electrons. The molecule has 4 nitrogen and oxygen atoms in total. The minimum atomic E-state index is 0. The van der Waals surface area contributed by atoms with Gasteiger partial charge < -0.3 is 0 Å². The summed E-state index contributed by atoms with van der Waals surface area (Å²) < 4.78 is 0. The molecule has 1 rings (SSSR count). The Morgan fingerprint density at radius 1 is 0.571 bits per heavy atom. The molecule has 5 heteroatoms. The largest absolute Gasteiger partial charge is 0.192 e. The van der Waals surface area contributed by atoms with Gasteiger partial charge in [0.2, 0.25) is 0 Å². The second-order valence-corrected chi connectivity index (χ2v) is 9.12. The van der Waals surface area contributed by atoms with Crippen molar-refractivity contribution in [3.8, 4) is 24.3 Å². The Morgan fingerprint density at radius 2 is 0.971 bits per heavy atom. The minimum Gasteiger partial charge on any atom is -0.192 e. The van der Waals surface area contributed by atoms with Crippen LogP contribution in [0.4, 0.5) is 0 Å². The van der Waals surface area contributed by atoms with Crippen molar-refractivity contribution in [1.82, 2.24) is 0 Å². The van der Waals surface area contributed by atoms with E-state index in [1.165, 1.54) is 89.9 Å². The molecular weight excluding hydrogens is 480 g/mol. The van der Waals surface area contributed by atoms with Gasteiger partial charge in [-0.05, 0) is 24.5 Å². The number of nitrogens with zero attached hydrogens (tertiary/aromatic N) is 4. The topological polar surface area (TPSA) is 95.2 Å². The number of hydrogen-bond donors (Lipinski definition) is 0. The Balaban J connectivity index is 0.0000116. The number of hydrogen-bond acceptors (Lipinski definition) is 4. The Kier molecular flexibility index (Phi) is 20.3. The number of nitriles is 4. The predicted octanol–water partition coefficient (Wildman–Crippen LogP) is 6.88. The van der Waals surface area contributed by atoms with E-state index in [0.717, 1.165) is 24.8 Å². The molecule has 1 aromatic rings. The number of benzene rings is 1. The van der Waals surface area contributed by atoms with Crippen molar-refractivity contribution in [3.63, 3.8) is 0 Å². The molecule has 0 spiro atoms. The van der Waals surface area contributed by atoms with Crippen LogP contribution < -0.4 is 10.4 Å². The standard InChI is InChI=1S/C30H40N4.Cu/c1-2-3-4-5-6-7-8-9-10-11-12-13-14-15-16-17-18-27-21-26(28(22-31)23-32)19-20-30(27)29(24-33)25-34;/h19-21H,2-18H2,1H3;. The van der Waals surface area contributed by atoms with E-state index in [1.54, 1.807) is 18.2 Å². The van der Waals surface area contributed by atoms with Gasteiger partial charge in [-0.15, -0.1) is 0 Å². The van der Waals surface area contributed by atoms with Crippen LogP contribution in [0.25, 0.3) is 11.1 Å². The van der Waals surface area contributed by atoms with Crippen LogP contribution in [-0.4, -0.2) is 0 Å². The number of unbranched alkanes of at least 4 members (excludes halogenated alkanes) is 15. The smallest absolute Gasteiger partial charge is 0.137 e. The van der Waals surface area contributed by atoms with Crippen LogP contribution in [0.5, 0.6) is 0 Å². The monoisotopic (exact) mass is 519 g/mol. The minimum absolute atomic E-state index is 0. The summed E-state index contributed by atoms with van der Waals surface area (Å²) in [6, 6.07) is 12.9. The van der Waals surface area contributed by atoms with Gasteiger partial charge in [0.05, 0.1) is 0 Å². The zero-order valence-electron chi connectivity index (χ0n) is 21.3. The van der Waals surface area contributed by atoms with Crippen molar-refractivity contribution in [3.05, 3.63) is 34.2 Å². The Bertz CT molecular complexity index is 983. The second kappa shape index (κ2) is 21.9. The van der Waals surface area contributed by atoms with E-state index < -0.39 is 0 Å². The summed E-state index contributed by atoms with van der Waals surface area (Å²) in [7, 11) is 0. The van der Waals surface area contributed by atoms with E-state index in [2.05, 4.69) is 6.92 Å². The summed E-state index contributed by atoms with van der Waals surface area (Å²) in [5.41, 5.74) is 0.993. The molecule has 0 atom stereocenters. The molecule has 0 N–H and O–H groups in total. The molecule has 0 aromatic heterocycles. The maximum Gasteiger partial charge on any atom is 0.137 e. The third-order valence-corrected chi connectivity index (χ3v) is 6.41. The Morgan fingerprint density at radius 3 is 1.37 bits per heavy atom. The van der Waals surface area contributed by atoms with Gasteiger partial charge in [-0.3, -0.25) is 0 Å². The molecule has 0 fully saturated rings. The van der Waals surface area contributed by atoms with Crippen molar-refractivity contribution in [2.45, 2.75) is 116 Å². The molecule has 0 aliphatic rings.